The Morgan fingerprint density at radius 2 is 1.71 bits per heavy atom. The van der Waals surface area contributed by atoms with Crippen LogP contribution in [0.3, 0.4) is 0 Å². The van der Waals surface area contributed by atoms with Crippen LogP contribution in [0, 0.1) is 0 Å². The third kappa shape index (κ3) is 2.05. The monoisotopic (exact) mass is 281 g/mol. The number of hydrogen-bond acceptors (Lipinski definition) is 3. The van der Waals surface area contributed by atoms with Crippen LogP contribution in [0.5, 0.6) is 11.5 Å². The molecule has 3 rings (SSSR count). The van der Waals surface area contributed by atoms with Crippen LogP contribution in [-0.4, -0.2) is 16.8 Å². The van der Waals surface area contributed by atoms with E-state index in [-0.39, 0.29) is 11.3 Å². The average molecular weight is 281 g/mol. The summed E-state index contributed by atoms with van der Waals surface area (Å²) in [5.41, 5.74) is 1.45. The number of fused-ring (bicyclic) bond motifs is 1. The maximum atomic E-state index is 12.5. The first-order valence-electron chi connectivity index (χ1n) is 6.58. The smallest absolute Gasteiger partial charge is 0.262 e. The first kappa shape index (κ1) is 13.2. The van der Waals surface area contributed by atoms with Crippen LogP contribution in [0.4, 0.5) is 0 Å². The van der Waals surface area contributed by atoms with Crippen molar-refractivity contribution in [1.29, 1.82) is 0 Å². The lowest BCUT2D eigenvalue weighted by molar-refractivity contribution is 0.415. The Labute approximate surface area is 121 Å². The minimum atomic E-state index is -0.226. The number of methoxy groups -OCH3 is 1. The highest BCUT2D eigenvalue weighted by Crippen LogP contribution is 2.33. The van der Waals surface area contributed by atoms with Gasteiger partial charge >= 0.3 is 0 Å². The van der Waals surface area contributed by atoms with Crippen molar-refractivity contribution in [2.75, 3.05) is 7.11 Å². The molecule has 3 aromatic rings. The van der Waals surface area contributed by atoms with E-state index in [9.17, 15) is 9.90 Å². The SMILES string of the molecule is COc1ccc(-c2c(O)c3ccccc3n(C)c2=O)cc1. The second kappa shape index (κ2) is 4.98. The molecule has 0 aliphatic heterocycles. The van der Waals surface area contributed by atoms with Gasteiger partial charge in [-0.3, -0.25) is 4.79 Å². The standard InChI is InChI=1S/C17H15NO3/c1-18-14-6-4-3-5-13(14)16(19)15(17(18)20)11-7-9-12(21-2)10-8-11/h3-10,19H,1-2H3. The van der Waals surface area contributed by atoms with E-state index in [1.165, 1.54) is 0 Å². The average Bonchev–Trinajstić information content (AvgIpc) is 2.53. The van der Waals surface area contributed by atoms with E-state index in [1.54, 1.807) is 49.1 Å². The molecular weight excluding hydrogens is 266 g/mol. The summed E-state index contributed by atoms with van der Waals surface area (Å²) in [4.78, 5) is 12.5. The third-order valence-corrected chi connectivity index (χ3v) is 3.65. The number of aromatic hydroxyl groups is 1. The summed E-state index contributed by atoms with van der Waals surface area (Å²) >= 11 is 0. The molecule has 0 spiro atoms. The van der Waals surface area contributed by atoms with Crippen molar-refractivity contribution < 1.29 is 9.84 Å². The van der Waals surface area contributed by atoms with Gasteiger partial charge in [-0.2, -0.15) is 0 Å². The molecule has 1 aromatic heterocycles. The zero-order valence-corrected chi connectivity index (χ0v) is 11.8. The number of aromatic nitrogens is 1. The van der Waals surface area contributed by atoms with Gasteiger partial charge in [-0.25, -0.2) is 0 Å². The fraction of sp³-hybridized carbons (Fsp3) is 0.118. The van der Waals surface area contributed by atoms with Gasteiger partial charge in [-0.05, 0) is 29.8 Å². The summed E-state index contributed by atoms with van der Waals surface area (Å²) in [6.45, 7) is 0. The van der Waals surface area contributed by atoms with Crippen molar-refractivity contribution in [3.05, 3.63) is 58.9 Å². The Morgan fingerprint density at radius 3 is 2.38 bits per heavy atom. The van der Waals surface area contributed by atoms with Gasteiger partial charge in [0.2, 0.25) is 0 Å². The van der Waals surface area contributed by atoms with Crippen LogP contribution < -0.4 is 10.3 Å². The Kier molecular flexibility index (Phi) is 3.14. The summed E-state index contributed by atoms with van der Waals surface area (Å²) < 4.78 is 6.66. The zero-order chi connectivity index (χ0) is 15.0. The van der Waals surface area contributed by atoms with Crippen LogP contribution in [0.25, 0.3) is 22.0 Å². The van der Waals surface area contributed by atoms with Crippen molar-refractivity contribution in [3.8, 4) is 22.6 Å². The molecule has 2 aromatic carbocycles. The summed E-state index contributed by atoms with van der Waals surface area (Å²) in [6.07, 6.45) is 0. The van der Waals surface area contributed by atoms with Crippen molar-refractivity contribution in [2.45, 2.75) is 0 Å². The van der Waals surface area contributed by atoms with Crippen LogP contribution in [0.1, 0.15) is 0 Å². The second-order valence-electron chi connectivity index (χ2n) is 4.83. The van der Waals surface area contributed by atoms with Gasteiger partial charge in [0.1, 0.15) is 11.5 Å². The van der Waals surface area contributed by atoms with Gasteiger partial charge < -0.3 is 14.4 Å². The van der Waals surface area contributed by atoms with Crippen LogP contribution >= 0.6 is 0 Å². The molecular formula is C17H15NO3. The summed E-state index contributed by atoms with van der Waals surface area (Å²) in [5.74, 6) is 0.717. The Hall–Kier alpha value is -2.75. The molecule has 1 N–H and O–H groups in total. The number of benzene rings is 2. The van der Waals surface area contributed by atoms with Crippen molar-refractivity contribution in [1.82, 2.24) is 4.57 Å². The Morgan fingerprint density at radius 1 is 1.05 bits per heavy atom. The molecule has 0 bridgehead atoms. The van der Waals surface area contributed by atoms with Crippen molar-refractivity contribution in [3.63, 3.8) is 0 Å². The zero-order valence-electron chi connectivity index (χ0n) is 11.8. The van der Waals surface area contributed by atoms with Crippen molar-refractivity contribution >= 4 is 10.9 Å². The molecule has 21 heavy (non-hydrogen) atoms. The molecule has 0 aliphatic rings. The molecule has 0 saturated heterocycles. The maximum Gasteiger partial charge on any atom is 0.262 e. The largest absolute Gasteiger partial charge is 0.506 e. The van der Waals surface area contributed by atoms with Crippen LogP contribution in [-0.2, 0) is 7.05 Å². The lowest BCUT2D eigenvalue weighted by atomic mass is 10.0. The number of para-hydroxylation sites is 1. The van der Waals surface area contributed by atoms with Gasteiger partial charge in [0, 0.05) is 12.4 Å². The normalized spacial score (nSPS) is 10.8. The lowest BCUT2D eigenvalue weighted by Gasteiger charge is -2.12. The molecule has 0 saturated carbocycles. The molecule has 4 nitrogen and oxygen atoms in total. The van der Waals surface area contributed by atoms with E-state index in [4.69, 9.17) is 4.74 Å². The van der Waals surface area contributed by atoms with Gasteiger partial charge in [-0.1, -0.05) is 24.3 Å². The van der Waals surface area contributed by atoms with Gasteiger partial charge in [0.25, 0.3) is 5.56 Å². The molecule has 0 amide bonds. The number of nitrogens with zero attached hydrogens (tertiary/aromatic N) is 1. The van der Waals surface area contributed by atoms with Gasteiger partial charge in [0.15, 0.2) is 0 Å². The molecule has 0 radical (unpaired) electrons. The molecule has 0 atom stereocenters. The molecule has 0 unspecified atom stereocenters. The first-order chi connectivity index (χ1) is 10.1. The summed E-state index contributed by atoms with van der Waals surface area (Å²) in [6, 6.07) is 14.4. The lowest BCUT2D eigenvalue weighted by Crippen LogP contribution is -2.19. The number of aryl methyl sites for hydroxylation is 1. The minimum absolute atomic E-state index is 0.0128. The van der Waals surface area contributed by atoms with E-state index in [1.807, 2.05) is 18.2 Å². The summed E-state index contributed by atoms with van der Waals surface area (Å²) in [5, 5.41) is 11.1. The quantitative estimate of drug-likeness (QED) is 0.785. The van der Waals surface area contributed by atoms with Crippen LogP contribution in [0.15, 0.2) is 53.3 Å². The predicted octanol–water partition coefficient (Wildman–Crippen LogP) is 2.92. The molecule has 0 fully saturated rings. The third-order valence-electron chi connectivity index (χ3n) is 3.65. The van der Waals surface area contributed by atoms with Crippen molar-refractivity contribution in [2.24, 2.45) is 7.05 Å². The van der Waals surface area contributed by atoms with Crippen LogP contribution in [0.2, 0.25) is 0 Å². The van der Waals surface area contributed by atoms with Gasteiger partial charge in [-0.15, -0.1) is 0 Å². The van der Waals surface area contributed by atoms with Gasteiger partial charge in [0.05, 0.1) is 18.2 Å². The Balaban J connectivity index is 2.34. The highest BCUT2D eigenvalue weighted by Gasteiger charge is 2.15. The topological polar surface area (TPSA) is 51.5 Å². The van der Waals surface area contributed by atoms with E-state index in [0.29, 0.717) is 27.8 Å². The number of pyridine rings is 1. The fourth-order valence-corrected chi connectivity index (χ4v) is 2.50. The molecule has 4 heteroatoms. The minimum Gasteiger partial charge on any atom is -0.506 e. The number of rotatable bonds is 2. The van der Waals surface area contributed by atoms with E-state index in [0.717, 1.165) is 0 Å². The molecule has 1 heterocycles. The summed E-state index contributed by atoms with van der Waals surface area (Å²) in [7, 11) is 3.29. The molecule has 0 aliphatic carbocycles. The first-order valence-corrected chi connectivity index (χ1v) is 6.58. The highest BCUT2D eigenvalue weighted by molar-refractivity contribution is 5.92. The Bertz CT molecular complexity index is 864. The number of hydrogen-bond donors (Lipinski definition) is 1. The van der Waals surface area contributed by atoms with E-state index < -0.39 is 0 Å². The van der Waals surface area contributed by atoms with E-state index >= 15 is 0 Å². The number of ether oxygens (including phenoxy) is 1. The fourth-order valence-electron chi connectivity index (χ4n) is 2.50. The second-order valence-corrected chi connectivity index (χ2v) is 4.83. The molecule has 106 valence electrons. The maximum absolute atomic E-state index is 12.5. The van der Waals surface area contributed by atoms with E-state index in [2.05, 4.69) is 0 Å². The highest BCUT2D eigenvalue weighted by atomic mass is 16.5. The predicted molar refractivity (Wildman–Crippen MR) is 82.8 cm³/mol.